The number of thiophene rings is 1. The first-order valence-corrected chi connectivity index (χ1v) is 5.33. The van der Waals surface area contributed by atoms with Gasteiger partial charge in [0.25, 0.3) is 0 Å². The molecule has 0 bridgehead atoms. The third-order valence-corrected chi connectivity index (χ3v) is 3.75. The number of halogens is 1. The molecule has 2 N–H and O–H groups in total. The molecule has 0 atom stereocenters. The molecule has 2 rings (SSSR count). The van der Waals surface area contributed by atoms with Crippen molar-refractivity contribution >= 4 is 48.7 Å². The first-order chi connectivity index (χ1) is 6.61. The predicted octanol–water partition coefficient (Wildman–Crippen LogP) is 3.15. The summed E-state index contributed by atoms with van der Waals surface area (Å²) in [7, 11) is 0. The first kappa shape index (κ1) is 9.42. The Hall–Kier alpha value is -1.14. The van der Waals surface area contributed by atoms with Crippen molar-refractivity contribution < 1.29 is 4.92 Å². The fourth-order valence-electron chi connectivity index (χ4n) is 1.27. The van der Waals surface area contributed by atoms with Crippen LogP contribution in [0.2, 0.25) is 0 Å². The zero-order valence-electron chi connectivity index (χ0n) is 6.86. The van der Waals surface area contributed by atoms with Crippen LogP contribution in [0.15, 0.2) is 22.0 Å². The van der Waals surface area contributed by atoms with Gasteiger partial charge in [-0.05, 0) is 28.1 Å². The van der Waals surface area contributed by atoms with Crippen molar-refractivity contribution in [3.8, 4) is 0 Å². The number of nitrogen functional groups attached to an aromatic ring is 1. The summed E-state index contributed by atoms with van der Waals surface area (Å²) in [4.78, 5) is 10.3. The molecule has 1 aromatic heterocycles. The summed E-state index contributed by atoms with van der Waals surface area (Å²) in [6.07, 6.45) is 0. The van der Waals surface area contributed by atoms with Gasteiger partial charge in [-0.15, -0.1) is 11.3 Å². The quantitative estimate of drug-likeness (QED) is 0.493. The van der Waals surface area contributed by atoms with E-state index in [9.17, 15) is 10.1 Å². The van der Waals surface area contributed by atoms with Crippen LogP contribution in [0.3, 0.4) is 0 Å². The third-order valence-electron chi connectivity index (χ3n) is 1.86. The van der Waals surface area contributed by atoms with Gasteiger partial charge in [-0.1, -0.05) is 6.07 Å². The van der Waals surface area contributed by atoms with Crippen molar-refractivity contribution in [3.63, 3.8) is 0 Å². The SMILES string of the molecule is Nc1cccc2c([N+](=O)[O-])c(Br)sc12. The molecule has 14 heavy (non-hydrogen) atoms. The van der Waals surface area contributed by atoms with Gasteiger partial charge in [0.1, 0.15) is 3.79 Å². The predicted molar refractivity (Wildman–Crippen MR) is 60.6 cm³/mol. The second-order valence-corrected chi connectivity index (χ2v) is 5.04. The fraction of sp³-hybridized carbons (Fsp3) is 0. The molecule has 0 aliphatic carbocycles. The van der Waals surface area contributed by atoms with E-state index >= 15 is 0 Å². The average molecular weight is 273 g/mol. The Morgan fingerprint density at radius 2 is 2.21 bits per heavy atom. The summed E-state index contributed by atoms with van der Waals surface area (Å²) in [5, 5.41) is 11.3. The minimum atomic E-state index is -0.400. The fourth-order valence-corrected chi connectivity index (χ4v) is 3.03. The van der Waals surface area contributed by atoms with Crippen molar-refractivity contribution in [1.29, 1.82) is 0 Å². The molecule has 0 spiro atoms. The van der Waals surface area contributed by atoms with Gasteiger partial charge in [0.05, 0.1) is 15.0 Å². The smallest absolute Gasteiger partial charge is 0.302 e. The number of hydrogen-bond acceptors (Lipinski definition) is 4. The highest BCUT2D eigenvalue weighted by Gasteiger charge is 2.21. The van der Waals surface area contributed by atoms with Crippen molar-refractivity contribution in [2.45, 2.75) is 0 Å². The number of nitrogens with two attached hydrogens (primary N) is 1. The molecule has 6 heteroatoms. The number of hydrogen-bond donors (Lipinski definition) is 1. The van der Waals surface area contributed by atoms with E-state index in [4.69, 9.17) is 5.73 Å². The van der Waals surface area contributed by atoms with Gasteiger partial charge in [0.2, 0.25) is 0 Å². The zero-order chi connectivity index (χ0) is 10.3. The molecule has 0 amide bonds. The lowest BCUT2D eigenvalue weighted by Gasteiger charge is -1.93. The molecule has 2 aromatic rings. The zero-order valence-corrected chi connectivity index (χ0v) is 9.26. The standard InChI is InChI=1S/C8H5BrN2O2S/c9-8-6(11(12)13)4-2-1-3-5(10)7(4)14-8/h1-3H,10H2. The van der Waals surface area contributed by atoms with Crippen LogP contribution < -0.4 is 5.73 Å². The van der Waals surface area contributed by atoms with E-state index in [0.717, 1.165) is 4.70 Å². The lowest BCUT2D eigenvalue weighted by molar-refractivity contribution is -0.383. The van der Waals surface area contributed by atoms with E-state index in [1.165, 1.54) is 11.3 Å². The molecule has 0 unspecified atom stereocenters. The summed E-state index contributed by atoms with van der Waals surface area (Å²) in [6, 6.07) is 5.14. The monoisotopic (exact) mass is 272 g/mol. The summed E-state index contributed by atoms with van der Waals surface area (Å²) < 4.78 is 1.27. The summed E-state index contributed by atoms with van der Waals surface area (Å²) >= 11 is 4.45. The van der Waals surface area contributed by atoms with Crippen molar-refractivity contribution in [3.05, 3.63) is 32.1 Å². The second-order valence-electron chi connectivity index (χ2n) is 2.71. The minimum Gasteiger partial charge on any atom is -0.398 e. The van der Waals surface area contributed by atoms with E-state index in [0.29, 0.717) is 14.9 Å². The van der Waals surface area contributed by atoms with Crippen LogP contribution in [0, 0.1) is 10.1 Å². The third kappa shape index (κ3) is 1.27. The van der Waals surface area contributed by atoms with Gasteiger partial charge in [-0.3, -0.25) is 10.1 Å². The van der Waals surface area contributed by atoms with Crippen LogP contribution in [0.25, 0.3) is 10.1 Å². The van der Waals surface area contributed by atoms with E-state index in [1.807, 2.05) is 0 Å². The van der Waals surface area contributed by atoms with Gasteiger partial charge in [0, 0.05) is 5.69 Å². The maximum Gasteiger partial charge on any atom is 0.302 e. The molecule has 0 aliphatic heterocycles. The molecule has 72 valence electrons. The molecule has 0 saturated heterocycles. The molecule has 4 nitrogen and oxygen atoms in total. The lowest BCUT2D eigenvalue weighted by Crippen LogP contribution is -1.87. The largest absolute Gasteiger partial charge is 0.398 e. The molecule has 1 heterocycles. The first-order valence-electron chi connectivity index (χ1n) is 3.72. The van der Waals surface area contributed by atoms with Gasteiger partial charge in [-0.2, -0.15) is 0 Å². The van der Waals surface area contributed by atoms with Crippen LogP contribution in [0.1, 0.15) is 0 Å². The second kappa shape index (κ2) is 3.21. The summed E-state index contributed by atoms with van der Waals surface area (Å²) in [5.41, 5.74) is 6.37. The maximum absolute atomic E-state index is 10.7. The number of fused-ring (bicyclic) bond motifs is 1. The highest BCUT2D eigenvalue weighted by atomic mass is 79.9. The normalized spacial score (nSPS) is 10.6. The number of nitrogens with zero attached hydrogens (tertiary/aromatic N) is 1. The van der Waals surface area contributed by atoms with E-state index in [2.05, 4.69) is 15.9 Å². The maximum atomic E-state index is 10.7. The van der Waals surface area contributed by atoms with Gasteiger partial charge in [-0.25, -0.2) is 0 Å². The van der Waals surface area contributed by atoms with Crippen molar-refractivity contribution in [2.24, 2.45) is 0 Å². The van der Waals surface area contributed by atoms with E-state index in [-0.39, 0.29) is 5.69 Å². The number of nitro groups is 1. The van der Waals surface area contributed by atoms with Crippen LogP contribution >= 0.6 is 27.3 Å². The molecule has 0 aliphatic rings. The van der Waals surface area contributed by atoms with Crippen LogP contribution in [-0.2, 0) is 0 Å². The molecule has 0 saturated carbocycles. The van der Waals surface area contributed by atoms with E-state index in [1.54, 1.807) is 18.2 Å². The Labute approximate surface area is 91.6 Å². The van der Waals surface area contributed by atoms with Gasteiger partial charge >= 0.3 is 5.69 Å². The Bertz CT molecular complexity index is 523. The number of benzene rings is 1. The van der Waals surface area contributed by atoms with Crippen molar-refractivity contribution in [2.75, 3.05) is 5.73 Å². The highest BCUT2D eigenvalue weighted by Crippen LogP contribution is 2.43. The summed E-state index contributed by atoms with van der Waals surface area (Å²) in [6.45, 7) is 0. The summed E-state index contributed by atoms with van der Waals surface area (Å²) in [5.74, 6) is 0. The van der Waals surface area contributed by atoms with Crippen LogP contribution in [-0.4, -0.2) is 4.92 Å². The van der Waals surface area contributed by atoms with Crippen molar-refractivity contribution in [1.82, 2.24) is 0 Å². The van der Waals surface area contributed by atoms with Crippen LogP contribution in [0.4, 0.5) is 11.4 Å². The molecule has 1 aromatic carbocycles. The molecule has 0 fully saturated rings. The van der Waals surface area contributed by atoms with Gasteiger partial charge in [0.15, 0.2) is 0 Å². The number of rotatable bonds is 1. The Morgan fingerprint density at radius 3 is 2.86 bits per heavy atom. The highest BCUT2D eigenvalue weighted by molar-refractivity contribution is 9.11. The Kier molecular flexibility index (Phi) is 2.16. The lowest BCUT2D eigenvalue weighted by atomic mass is 10.2. The molecule has 0 radical (unpaired) electrons. The topological polar surface area (TPSA) is 69.2 Å². The Morgan fingerprint density at radius 1 is 1.50 bits per heavy atom. The van der Waals surface area contributed by atoms with Gasteiger partial charge < -0.3 is 5.73 Å². The van der Waals surface area contributed by atoms with E-state index < -0.39 is 4.92 Å². The molecular weight excluding hydrogens is 268 g/mol. The molecular formula is C8H5BrN2O2S. The number of anilines is 1. The average Bonchev–Trinajstić information content (AvgIpc) is 2.42. The minimum absolute atomic E-state index is 0.0947. The Balaban J connectivity index is 2.90. The van der Waals surface area contributed by atoms with Crippen LogP contribution in [0.5, 0.6) is 0 Å².